The molecule has 12 atom stereocenters. The number of allylic oxidation sites excluding steroid dienone is 4. The van der Waals surface area contributed by atoms with Crippen LogP contribution in [0.2, 0.25) is 0 Å². The highest BCUT2D eigenvalue weighted by molar-refractivity contribution is 8.00. The van der Waals surface area contributed by atoms with Crippen molar-refractivity contribution in [3.63, 3.8) is 0 Å². The number of Topliss-reactive ketones (excluding diaryl/α,β-unsaturated/α-hetero) is 1. The van der Waals surface area contributed by atoms with Crippen molar-refractivity contribution in [3.05, 3.63) is 53.6 Å². The van der Waals surface area contributed by atoms with Gasteiger partial charge >= 0.3 is 5.97 Å². The van der Waals surface area contributed by atoms with Crippen LogP contribution >= 0.6 is 11.8 Å². The Bertz CT molecular complexity index is 2080. The predicted octanol–water partition coefficient (Wildman–Crippen LogP) is 4.13. The standard InChI is InChI=1S/C47H61F2N3O12S/c1-5-25(2)65-24-40(58)50-22-39(57)52-35(14-15-41(59)60)42(61)51-27-8-12-30(13-9-27)62-29-10-6-26(7-11-29)43-63-38-20-31-32-19-34(48)33-18-28(54)16-17-44(33,3)46(32,49)36(55)21-45(31,4)47(38,64-43)37(56)23-53/h6-7,10-11,16-18,25,27,30-32,34-36,38,43,53,55H,5,8-9,12-15,19-24H2,1-4H3,(H,50,58)(H,51,61)(H,52,57)(H,59,60)/t25?,27?,30?,31-,32-,34-,35-,36-,38+,43+,44-,45-,46-,47+/m0/s1. The molecule has 1 aliphatic heterocycles. The van der Waals surface area contributed by atoms with Gasteiger partial charge in [-0.3, -0.25) is 28.8 Å². The smallest absolute Gasteiger partial charge is 0.303 e. The van der Waals surface area contributed by atoms with Crippen molar-refractivity contribution in [1.82, 2.24) is 16.0 Å². The predicted molar refractivity (Wildman–Crippen MR) is 233 cm³/mol. The van der Waals surface area contributed by atoms with Crippen LogP contribution in [-0.4, -0.2) is 123 Å². The van der Waals surface area contributed by atoms with Crippen LogP contribution in [-0.2, 0) is 38.2 Å². The number of alkyl halides is 2. The van der Waals surface area contributed by atoms with Crippen LogP contribution in [0.3, 0.4) is 0 Å². The van der Waals surface area contributed by atoms with E-state index in [-0.39, 0.29) is 73.3 Å². The zero-order valence-corrected chi connectivity index (χ0v) is 38.0. The van der Waals surface area contributed by atoms with Gasteiger partial charge < -0.3 is 45.5 Å². The van der Waals surface area contributed by atoms with Crippen LogP contribution in [0.4, 0.5) is 8.78 Å². The lowest BCUT2D eigenvalue weighted by molar-refractivity contribution is -0.235. The summed E-state index contributed by atoms with van der Waals surface area (Å²) < 4.78 is 53.0. The van der Waals surface area contributed by atoms with E-state index in [1.54, 1.807) is 31.2 Å². The van der Waals surface area contributed by atoms with Crippen molar-refractivity contribution in [3.8, 4) is 5.75 Å². The number of hydrogen-bond acceptors (Lipinski definition) is 12. The van der Waals surface area contributed by atoms with E-state index in [1.807, 2.05) is 13.8 Å². The average molecular weight is 930 g/mol. The van der Waals surface area contributed by atoms with Crippen LogP contribution in [0.15, 0.2) is 48.1 Å². The summed E-state index contributed by atoms with van der Waals surface area (Å²) in [5.74, 6) is -4.65. The van der Waals surface area contributed by atoms with E-state index in [9.17, 15) is 44.1 Å². The second-order valence-electron chi connectivity index (χ2n) is 19.0. The van der Waals surface area contributed by atoms with Gasteiger partial charge in [0.05, 0.1) is 30.6 Å². The molecule has 5 aliphatic carbocycles. The molecule has 5 fully saturated rings. The monoisotopic (exact) mass is 929 g/mol. The largest absolute Gasteiger partial charge is 0.490 e. The number of carbonyl (C=O) groups is 6. The number of ketones is 2. The average Bonchev–Trinajstić information content (AvgIpc) is 3.78. The number of fused-ring (bicyclic) bond motifs is 7. The number of carboxylic acid groups (broad SMARTS) is 1. The molecule has 0 bridgehead atoms. The highest BCUT2D eigenvalue weighted by Crippen LogP contribution is 2.72. The Balaban J connectivity index is 0.943. The van der Waals surface area contributed by atoms with Crippen LogP contribution in [0.1, 0.15) is 104 Å². The molecule has 18 heteroatoms. The van der Waals surface area contributed by atoms with Crippen LogP contribution in [0.5, 0.6) is 5.75 Å². The van der Waals surface area contributed by atoms with Crippen LogP contribution in [0.25, 0.3) is 0 Å². The van der Waals surface area contributed by atoms with Crippen molar-refractivity contribution in [2.75, 3.05) is 18.9 Å². The lowest BCUT2D eigenvalue weighted by atomic mass is 9.44. The second-order valence-corrected chi connectivity index (χ2v) is 20.4. The molecule has 1 heterocycles. The van der Waals surface area contributed by atoms with Crippen molar-refractivity contribution in [2.24, 2.45) is 22.7 Å². The molecule has 3 amide bonds. The van der Waals surface area contributed by atoms with Crippen LogP contribution < -0.4 is 20.7 Å². The number of carbonyl (C=O) groups excluding carboxylic acids is 5. The molecule has 1 aromatic rings. The Morgan fingerprint density at radius 1 is 1.03 bits per heavy atom. The number of aliphatic hydroxyl groups excluding tert-OH is 2. The molecule has 1 unspecified atom stereocenters. The molecule has 0 radical (unpaired) electrons. The topological polar surface area (TPSA) is 227 Å². The quantitative estimate of drug-likeness (QED) is 0.129. The number of halogens is 2. The number of amides is 3. The van der Waals surface area contributed by atoms with Gasteiger partial charge in [-0.1, -0.05) is 39.0 Å². The Labute approximate surface area is 381 Å². The summed E-state index contributed by atoms with van der Waals surface area (Å²) in [5, 5.41) is 39.7. The fourth-order valence-corrected chi connectivity index (χ4v) is 12.4. The minimum Gasteiger partial charge on any atom is -0.490 e. The fourth-order valence-electron chi connectivity index (χ4n) is 11.6. The summed E-state index contributed by atoms with van der Waals surface area (Å²) in [5.41, 5.74) is -6.42. The summed E-state index contributed by atoms with van der Waals surface area (Å²) >= 11 is 1.47. The number of nitrogens with one attached hydrogen (secondary N) is 3. The molecular weight excluding hydrogens is 869 g/mol. The molecule has 356 valence electrons. The summed E-state index contributed by atoms with van der Waals surface area (Å²) in [6.07, 6.45) is 0.492. The molecule has 6 aliphatic rings. The van der Waals surface area contributed by atoms with E-state index in [1.165, 1.54) is 30.8 Å². The number of aliphatic carboxylic acids is 1. The van der Waals surface area contributed by atoms with Gasteiger partial charge in [0.25, 0.3) is 0 Å². The SMILES string of the molecule is CCC(C)SCC(=O)NCC(=O)N[C@@H](CCC(=O)O)C(=O)NC1CCC(Oc2ccc([C@@H]3O[C@@H]4C[C@H]5[C@@H]6C[C@H](F)C7=CC(=O)C=C[C@]7(C)[C@@]6(F)[C@@H](O)C[C@]5(C)[C@]4(C(=O)CO)O3)cc2)CC1. The first-order valence-electron chi connectivity index (χ1n) is 22.7. The minimum atomic E-state index is -2.35. The molecule has 7 rings (SSSR count). The van der Waals surface area contributed by atoms with Crippen molar-refractivity contribution >= 4 is 47.0 Å². The lowest BCUT2D eigenvalue weighted by Crippen LogP contribution is -2.70. The second kappa shape index (κ2) is 19.2. The van der Waals surface area contributed by atoms with Gasteiger partial charge in [0.2, 0.25) is 17.7 Å². The number of benzene rings is 1. The van der Waals surface area contributed by atoms with Gasteiger partial charge in [0, 0.05) is 40.0 Å². The van der Waals surface area contributed by atoms with Gasteiger partial charge in [0.1, 0.15) is 24.6 Å². The summed E-state index contributed by atoms with van der Waals surface area (Å²) in [6, 6.07) is 5.58. The maximum absolute atomic E-state index is 17.7. The third-order valence-corrected chi connectivity index (χ3v) is 16.6. The number of hydrogen-bond donors (Lipinski definition) is 6. The van der Waals surface area contributed by atoms with Crippen molar-refractivity contribution in [1.29, 1.82) is 0 Å². The number of rotatable bonds is 17. The maximum Gasteiger partial charge on any atom is 0.303 e. The molecule has 1 saturated heterocycles. The van der Waals surface area contributed by atoms with E-state index >= 15 is 8.78 Å². The minimum absolute atomic E-state index is 0.00183. The number of ether oxygens (including phenoxy) is 3. The molecule has 6 N–H and O–H groups in total. The Hall–Kier alpha value is -4.23. The zero-order valence-electron chi connectivity index (χ0n) is 37.2. The summed E-state index contributed by atoms with van der Waals surface area (Å²) in [6.45, 7) is 6.02. The first-order chi connectivity index (χ1) is 30.8. The zero-order chi connectivity index (χ0) is 47.1. The number of thioether (sulfide) groups is 1. The fraction of sp³-hybridized carbons (Fsp3) is 0.660. The molecule has 0 spiro atoms. The van der Waals surface area contributed by atoms with Gasteiger partial charge in [-0.05, 0) is 100 Å². The first kappa shape index (κ1) is 48.7. The number of aliphatic hydroxyl groups is 2. The molecule has 4 saturated carbocycles. The van der Waals surface area contributed by atoms with E-state index < -0.39 is 101 Å². The van der Waals surface area contributed by atoms with E-state index in [4.69, 9.17) is 14.2 Å². The van der Waals surface area contributed by atoms with Gasteiger partial charge in [-0.15, -0.1) is 11.8 Å². The van der Waals surface area contributed by atoms with E-state index in [0.29, 0.717) is 37.0 Å². The molecule has 65 heavy (non-hydrogen) atoms. The third kappa shape index (κ3) is 9.01. The van der Waals surface area contributed by atoms with Gasteiger partial charge in [0.15, 0.2) is 29.1 Å². The molecular formula is C47H61F2N3O12S. The molecule has 0 aromatic heterocycles. The number of carboxylic acids is 1. The molecule has 1 aromatic carbocycles. The Morgan fingerprint density at radius 3 is 2.40 bits per heavy atom. The summed E-state index contributed by atoms with van der Waals surface area (Å²) in [4.78, 5) is 75.5. The maximum atomic E-state index is 17.7. The molecule has 15 nitrogen and oxygen atoms in total. The Kier molecular flexibility index (Phi) is 14.4. The normalized spacial score (nSPS) is 36.7. The third-order valence-electron chi connectivity index (χ3n) is 15.2. The summed E-state index contributed by atoms with van der Waals surface area (Å²) in [7, 11) is 0. The van der Waals surface area contributed by atoms with Crippen molar-refractivity contribution < 1.29 is 67.1 Å². The van der Waals surface area contributed by atoms with Crippen LogP contribution in [0, 0.1) is 22.7 Å². The van der Waals surface area contributed by atoms with Crippen molar-refractivity contribution in [2.45, 2.75) is 151 Å². The Morgan fingerprint density at radius 2 is 1.74 bits per heavy atom. The van der Waals surface area contributed by atoms with E-state index in [0.717, 1.165) is 12.5 Å². The first-order valence-corrected chi connectivity index (χ1v) is 23.7. The highest BCUT2D eigenvalue weighted by atomic mass is 32.2. The van der Waals surface area contributed by atoms with E-state index in [2.05, 4.69) is 16.0 Å². The van der Waals surface area contributed by atoms with Gasteiger partial charge in [-0.2, -0.15) is 0 Å². The lowest BCUT2D eigenvalue weighted by Gasteiger charge is -2.63. The van der Waals surface area contributed by atoms with Gasteiger partial charge in [-0.25, -0.2) is 8.78 Å². The highest BCUT2D eigenvalue weighted by Gasteiger charge is 2.80.